The second-order valence-corrected chi connectivity index (χ2v) is 7.24. The van der Waals surface area contributed by atoms with Gasteiger partial charge in [0.1, 0.15) is 0 Å². The summed E-state index contributed by atoms with van der Waals surface area (Å²) < 4.78 is 26.8. The van der Waals surface area contributed by atoms with Crippen LogP contribution in [0.2, 0.25) is 0 Å². The SMILES string of the molecule is C#CC(C)(C)NS(=O)(=O)c1ccc(CNC(C)C)cc1. The second-order valence-electron chi connectivity index (χ2n) is 5.55. The molecule has 0 saturated heterocycles. The summed E-state index contributed by atoms with van der Waals surface area (Å²) >= 11 is 0. The van der Waals surface area contributed by atoms with Crippen LogP contribution in [-0.2, 0) is 16.6 Å². The largest absolute Gasteiger partial charge is 0.310 e. The Morgan fingerprint density at radius 3 is 2.25 bits per heavy atom. The van der Waals surface area contributed by atoms with Gasteiger partial charge in [-0.15, -0.1) is 6.42 Å². The molecule has 20 heavy (non-hydrogen) atoms. The lowest BCUT2D eigenvalue weighted by molar-refractivity contribution is 0.539. The Bertz CT molecular complexity index is 581. The van der Waals surface area contributed by atoms with Gasteiger partial charge in [-0.05, 0) is 31.5 Å². The van der Waals surface area contributed by atoms with Gasteiger partial charge in [0.05, 0.1) is 10.4 Å². The third kappa shape index (κ3) is 4.97. The van der Waals surface area contributed by atoms with Crippen molar-refractivity contribution in [1.29, 1.82) is 0 Å². The van der Waals surface area contributed by atoms with Gasteiger partial charge in [-0.2, -0.15) is 4.72 Å². The van der Waals surface area contributed by atoms with Gasteiger partial charge in [-0.1, -0.05) is 31.9 Å². The van der Waals surface area contributed by atoms with Gasteiger partial charge in [0.25, 0.3) is 0 Å². The molecule has 0 aliphatic heterocycles. The zero-order chi connectivity index (χ0) is 15.4. The van der Waals surface area contributed by atoms with Crippen molar-refractivity contribution in [3.05, 3.63) is 29.8 Å². The zero-order valence-corrected chi connectivity index (χ0v) is 13.2. The van der Waals surface area contributed by atoms with Crippen molar-refractivity contribution in [2.24, 2.45) is 0 Å². The van der Waals surface area contributed by atoms with E-state index in [9.17, 15) is 8.42 Å². The van der Waals surface area contributed by atoms with Gasteiger partial charge in [0.2, 0.25) is 10.0 Å². The van der Waals surface area contributed by atoms with Crippen molar-refractivity contribution in [3.63, 3.8) is 0 Å². The summed E-state index contributed by atoms with van der Waals surface area (Å²) in [4.78, 5) is 0.217. The summed E-state index contributed by atoms with van der Waals surface area (Å²) in [5, 5.41) is 3.28. The fraction of sp³-hybridized carbons (Fsp3) is 0.467. The van der Waals surface area contributed by atoms with E-state index in [0.29, 0.717) is 12.6 Å². The van der Waals surface area contributed by atoms with Gasteiger partial charge in [0.15, 0.2) is 0 Å². The first-order chi connectivity index (χ1) is 9.16. The Kier molecular flexibility index (Phi) is 5.35. The van der Waals surface area contributed by atoms with Crippen LogP contribution >= 0.6 is 0 Å². The molecule has 5 heteroatoms. The molecule has 110 valence electrons. The minimum atomic E-state index is -3.59. The molecule has 0 radical (unpaired) electrons. The lowest BCUT2D eigenvalue weighted by atomic mass is 10.1. The van der Waals surface area contributed by atoms with E-state index in [4.69, 9.17) is 6.42 Å². The van der Waals surface area contributed by atoms with Gasteiger partial charge in [-0.3, -0.25) is 0 Å². The summed E-state index contributed by atoms with van der Waals surface area (Å²) in [6.45, 7) is 8.12. The Balaban J connectivity index is 2.85. The molecule has 0 spiro atoms. The Hall–Kier alpha value is -1.35. The highest BCUT2D eigenvalue weighted by Gasteiger charge is 2.23. The molecule has 0 bridgehead atoms. The molecule has 0 unspecified atom stereocenters. The van der Waals surface area contributed by atoms with Gasteiger partial charge < -0.3 is 5.32 Å². The molecule has 0 aliphatic rings. The van der Waals surface area contributed by atoms with Crippen LogP contribution in [0.15, 0.2) is 29.2 Å². The third-order valence-electron chi connectivity index (χ3n) is 2.70. The molecule has 1 rings (SSSR count). The van der Waals surface area contributed by atoms with Crippen molar-refractivity contribution >= 4 is 10.0 Å². The van der Waals surface area contributed by atoms with E-state index in [1.807, 2.05) is 0 Å². The summed E-state index contributed by atoms with van der Waals surface area (Å²) in [5.41, 5.74) is 0.130. The van der Waals surface area contributed by atoms with E-state index in [2.05, 4.69) is 29.8 Å². The van der Waals surface area contributed by atoms with Gasteiger partial charge in [0, 0.05) is 12.6 Å². The lowest BCUT2D eigenvalue weighted by Crippen LogP contribution is -2.41. The predicted molar refractivity (Wildman–Crippen MR) is 81.7 cm³/mol. The molecule has 0 atom stereocenters. The van der Waals surface area contributed by atoms with Crippen LogP contribution in [0.1, 0.15) is 33.3 Å². The van der Waals surface area contributed by atoms with Crippen LogP contribution in [-0.4, -0.2) is 20.0 Å². The number of terminal acetylenes is 1. The molecule has 4 nitrogen and oxygen atoms in total. The highest BCUT2D eigenvalue weighted by molar-refractivity contribution is 7.89. The number of rotatable bonds is 6. The van der Waals surface area contributed by atoms with Crippen molar-refractivity contribution in [2.45, 2.75) is 50.7 Å². The highest BCUT2D eigenvalue weighted by atomic mass is 32.2. The van der Waals surface area contributed by atoms with Crippen molar-refractivity contribution in [3.8, 4) is 12.3 Å². The maximum absolute atomic E-state index is 12.2. The Morgan fingerprint density at radius 1 is 1.25 bits per heavy atom. The smallest absolute Gasteiger partial charge is 0.241 e. The number of hydrogen-bond donors (Lipinski definition) is 2. The molecule has 0 fully saturated rings. The molecule has 0 aliphatic carbocycles. The van der Waals surface area contributed by atoms with E-state index in [1.165, 1.54) is 0 Å². The van der Waals surface area contributed by atoms with Crippen molar-refractivity contribution < 1.29 is 8.42 Å². The molecule has 1 aromatic rings. The molecular formula is C15H22N2O2S. The molecule has 1 aromatic carbocycles. The first-order valence-electron chi connectivity index (χ1n) is 6.50. The molecular weight excluding hydrogens is 272 g/mol. The maximum atomic E-state index is 12.2. The van der Waals surface area contributed by atoms with E-state index in [1.54, 1.807) is 38.1 Å². The topological polar surface area (TPSA) is 58.2 Å². The van der Waals surface area contributed by atoms with E-state index in [0.717, 1.165) is 5.56 Å². The van der Waals surface area contributed by atoms with Crippen LogP contribution in [0.25, 0.3) is 0 Å². The fourth-order valence-electron chi connectivity index (χ4n) is 1.53. The summed E-state index contributed by atoms with van der Waals surface area (Å²) in [6, 6.07) is 7.16. The minimum absolute atomic E-state index is 0.217. The standard InChI is InChI=1S/C15H22N2O2S/c1-6-15(4,5)17-20(18,19)14-9-7-13(8-10-14)11-16-12(2)3/h1,7-10,12,16-17H,11H2,2-5H3. The minimum Gasteiger partial charge on any atom is -0.310 e. The molecule has 0 amide bonds. The first kappa shape index (κ1) is 16.7. The fourth-order valence-corrected chi connectivity index (χ4v) is 2.88. The zero-order valence-electron chi connectivity index (χ0n) is 12.4. The first-order valence-corrected chi connectivity index (χ1v) is 7.99. The van der Waals surface area contributed by atoms with Gasteiger partial charge >= 0.3 is 0 Å². The average molecular weight is 294 g/mol. The Labute approximate surface area is 122 Å². The number of benzene rings is 1. The molecule has 0 saturated carbocycles. The molecule has 0 heterocycles. The number of hydrogen-bond acceptors (Lipinski definition) is 3. The average Bonchev–Trinajstić information content (AvgIpc) is 2.35. The van der Waals surface area contributed by atoms with E-state index in [-0.39, 0.29) is 4.90 Å². The van der Waals surface area contributed by atoms with Crippen LogP contribution in [0.4, 0.5) is 0 Å². The van der Waals surface area contributed by atoms with Gasteiger partial charge in [-0.25, -0.2) is 8.42 Å². The highest BCUT2D eigenvalue weighted by Crippen LogP contribution is 2.14. The van der Waals surface area contributed by atoms with Crippen LogP contribution < -0.4 is 10.0 Å². The normalized spacial score (nSPS) is 12.4. The number of nitrogens with one attached hydrogen (secondary N) is 2. The monoisotopic (exact) mass is 294 g/mol. The van der Waals surface area contributed by atoms with E-state index >= 15 is 0 Å². The summed E-state index contributed by atoms with van der Waals surface area (Å²) in [5.74, 6) is 2.41. The third-order valence-corrected chi connectivity index (χ3v) is 4.37. The van der Waals surface area contributed by atoms with Crippen molar-refractivity contribution in [2.75, 3.05) is 0 Å². The molecule has 2 N–H and O–H groups in total. The quantitative estimate of drug-likeness (QED) is 0.788. The lowest BCUT2D eigenvalue weighted by Gasteiger charge is -2.19. The van der Waals surface area contributed by atoms with Crippen LogP contribution in [0.3, 0.4) is 0 Å². The van der Waals surface area contributed by atoms with Crippen molar-refractivity contribution in [1.82, 2.24) is 10.0 Å². The summed E-state index contributed by atoms with van der Waals surface area (Å²) in [6.07, 6.45) is 5.30. The van der Waals surface area contributed by atoms with E-state index < -0.39 is 15.6 Å². The Morgan fingerprint density at radius 2 is 1.80 bits per heavy atom. The van der Waals surface area contributed by atoms with Crippen LogP contribution in [0.5, 0.6) is 0 Å². The second kappa shape index (κ2) is 6.40. The molecule has 0 aromatic heterocycles. The summed E-state index contributed by atoms with van der Waals surface area (Å²) in [7, 11) is -3.59. The number of sulfonamides is 1. The maximum Gasteiger partial charge on any atom is 0.241 e. The van der Waals surface area contributed by atoms with Crippen LogP contribution in [0, 0.1) is 12.3 Å². The predicted octanol–water partition coefficient (Wildman–Crippen LogP) is 1.87.